The molecule has 1 N–H and O–H groups in total. The molecule has 0 aromatic rings. The van der Waals surface area contributed by atoms with Crippen molar-refractivity contribution in [3.63, 3.8) is 0 Å². The lowest BCUT2D eigenvalue weighted by molar-refractivity contribution is -0.153. The van der Waals surface area contributed by atoms with Crippen molar-refractivity contribution < 1.29 is 14.6 Å². The number of methoxy groups -OCH3 is 1. The molecule has 92 valence electrons. The molecule has 1 saturated heterocycles. The van der Waals surface area contributed by atoms with Crippen molar-refractivity contribution >= 4 is 5.97 Å². The second-order valence-electron chi connectivity index (χ2n) is 4.97. The highest BCUT2D eigenvalue weighted by molar-refractivity contribution is 5.79. The fraction of sp³-hybridized carbons (Fsp3) is 0.917. The number of piperidine rings is 1. The van der Waals surface area contributed by atoms with E-state index < -0.39 is 11.5 Å². The van der Waals surface area contributed by atoms with E-state index in [4.69, 9.17) is 4.74 Å². The maximum atomic E-state index is 11.5. The van der Waals surface area contributed by atoms with Gasteiger partial charge in [-0.25, -0.2) is 0 Å². The molecule has 4 heteroatoms. The summed E-state index contributed by atoms with van der Waals surface area (Å²) < 4.78 is 5.32. The van der Waals surface area contributed by atoms with Crippen LogP contribution >= 0.6 is 0 Å². The Balaban J connectivity index is 2.03. The van der Waals surface area contributed by atoms with Crippen molar-refractivity contribution in [1.82, 2.24) is 4.90 Å². The third-order valence-corrected chi connectivity index (χ3v) is 4.21. The molecule has 1 aliphatic heterocycles. The summed E-state index contributed by atoms with van der Waals surface area (Å²) in [4.78, 5) is 13.7. The minimum atomic E-state index is -0.624. The van der Waals surface area contributed by atoms with Gasteiger partial charge in [0.1, 0.15) is 5.54 Å². The first-order valence-electron chi connectivity index (χ1n) is 6.20. The molecule has 0 aromatic carbocycles. The van der Waals surface area contributed by atoms with Gasteiger partial charge in [0.2, 0.25) is 0 Å². The van der Waals surface area contributed by atoms with Gasteiger partial charge in [0, 0.05) is 20.2 Å². The van der Waals surface area contributed by atoms with E-state index in [-0.39, 0.29) is 0 Å². The summed E-state index contributed by atoms with van der Waals surface area (Å²) in [5.74, 6) is -0.624. The van der Waals surface area contributed by atoms with Crippen LogP contribution in [0.25, 0.3) is 0 Å². The quantitative estimate of drug-likeness (QED) is 0.793. The van der Waals surface area contributed by atoms with Crippen LogP contribution in [-0.4, -0.2) is 47.8 Å². The molecule has 0 atom stereocenters. The molecule has 1 aliphatic carbocycles. The van der Waals surface area contributed by atoms with Gasteiger partial charge in [0.25, 0.3) is 0 Å². The average molecular weight is 227 g/mol. The number of ether oxygens (including phenoxy) is 1. The van der Waals surface area contributed by atoms with Crippen LogP contribution in [0, 0.1) is 0 Å². The molecular formula is C12H21NO3. The zero-order chi connectivity index (χ0) is 11.6. The number of carbonyl (C=O) groups is 1. The SMILES string of the molecule is COC1CCN(C2(C(=O)O)CCCC2)CC1. The molecule has 2 aliphatic rings. The van der Waals surface area contributed by atoms with Crippen molar-refractivity contribution in [1.29, 1.82) is 0 Å². The van der Waals surface area contributed by atoms with Crippen molar-refractivity contribution in [3.8, 4) is 0 Å². The van der Waals surface area contributed by atoms with Gasteiger partial charge in [-0.15, -0.1) is 0 Å². The van der Waals surface area contributed by atoms with E-state index in [9.17, 15) is 9.90 Å². The predicted molar refractivity (Wildman–Crippen MR) is 60.4 cm³/mol. The van der Waals surface area contributed by atoms with E-state index in [1.165, 1.54) is 0 Å². The average Bonchev–Trinajstić information content (AvgIpc) is 2.79. The molecule has 0 aromatic heterocycles. The standard InChI is InChI=1S/C12H21NO3/c1-16-10-4-8-13(9-5-10)12(11(14)15)6-2-3-7-12/h10H,2-9H2,1H3,(H,14,15). The van der Waals surface area contributed by atoms with Crippen LogP contribution in [-0.2, 0) is 9.53 Å². The second-order valence-corrected chi connectivity index (χ2v) is 4.97. The highest BCUT2D eigenvalue weighted by Gasteiger charge is 2.47. The van der Waals surface area contributed by atoms with Gasteiger partial charge in [-0.1, -0.05) is 12.8 Å². The van der Waals surface area contributed by atoms with Gasteiger partial charge in [-0.3, -0.25) is 9.69 Å². The zero-order valence-electron chi connectivity index (χ0n) is 9.95. The Morgan fingerprint density at radius 3 is 2.31 bits per heavy atom. The van der Waals surface area contributed by atoms with Crippen LogP contribution in [0.2, 0.25) is 0 Å². The molecule has 0 amide bonds. The smallest absolute Gasteiger partial charge is 0.324 e. The number of aliphatic carboxylic acids is 1. The van der Waals surface area contributed by atoms with Gasteiger partial charge in [-0.2, -0.15) is 0 Å². The first-order valence-corrected chi connectivity index (χ1v) is 6.20. The summed E-state index contributed by atoms with van der Waals surface area (Å²) in [5, 5.41) is 9.47. The van der Waals surface area contributed by atoms with Crippen LogP contribution in [0.1, 0.15) is 38.5 Å². The van der Waals surface area contributed by atoms with Crippen LogP contribution in [0.3, 0.4) is 0 Å². The molecule has 1 saturated carbocycles. The van der Waals surface area contributed by atoms with Crippen molar-refractivity contribution in [2.24, 2.45) is 0 Å². The maximum absolute atomic E-state index is 11.5. The summed E-state index contributed by atoms with van der Waals surface area (Å²) in [7, 11) is 1.74. The van der Waals surface area contributed by atoms with E-state index in [1.807, 2.05) is 0 Å². The number of hydrogen-bond acceptors (Lipinski definition) is 3. The molecule has 0 radical (unpaired) electrons. The number of hydrogen-bond donors (Lipinski definition) is 1. The van der Waals surface area contributed by atoms with Gasteiger partial charge in [-0.05, 0) is 25.7 Å². The summed E-state index contributed by atoms with van der Waals surface area (Å²) in [6, 6.07) is 0. The third-order valence-electron chi connectivity index (χ3n) is 4.21. The Morgan fingerprint density at radius 2 is 1.88 bits per heavy atom. The Kier molecular flexibility index (Phi) is 3.50. The maximum Gasteiger partial charge on any atom is 0.324 e. The summed E-state index contributed by atoms with van der Waals surface area (Å²) >= 11 is 0. The van der Waals surface area contributed by atoms with E-state index in [1.54, 1.807) is 7.11 Å². The normalized spacial score (nSPS) is 27.1. The third kappa shape index (κ3) is 1.96. The summed E-state index contributed by atoms with van der Waals surface area (Å²) in [6.07, 6.45) is 5.99. The Bertz CT molecular complexity index is 253. The molecule has 0 spiro atoms. The van der Waals surface area contributed by atoms with Crippen molar-refractivity contribution in [2.75, 3.05) is 20.2 Å². The van der Waals surface area contributed by atoms with Crippen LogP contribution < -0.4 is 0 Å². The van der Waals surface area contributed by atoms with Gasteiger partial charge >= 0.3 is 5.97 Å². The first-order chi connectivity index (χ1) is 7.69. The van der Waals surface area contributed by atoms with Crippen LogP contribution in [0.5, 0.6) is 0 Å². The highest BCUT2D eigenvalue weighted by Crippen LogP contribution is 2.37. The molecule has 0 bridgehead atoms. The van der Waals surface area contributed by atoms with Gasteiger partial charge in [0.15, 0.2) is 0 Å². The second kappa shape index (κ2) is 4.72. The van der Waals surface area contributed by atoms with Gasteiger partial charge < -0.3 is 9.84 Å². The van der Waals surface area contributed by atoms with Crippen LogP contribution in [0.15, 0.2) is 0 Å². The molecule has 4 nitrogen and oxygen atoms in total. The van der Waals surface area contributed by atoms with E-state index in [2.05, 4.69) is 4.90 Å². The summed E-state index contributed by atoms with van der Waals surface area (Å²) in [6.45, 7) is 1.73. The molecule has 2 fully saturated rings. The van der Waals surface area contributed by atoms with Gasteiger partial charge in [0.05, 0.1) is 6.10 Å². The minimum absolute atomic E-state index is 0.323. The number of carboxylic acids is 1. The monoisotopic (exact) mass is 227 g/mol. The fourth-order valence-corrected chi connectivity index (χ4v) is 3.14. The van der Waals surface area contributed by atoms with Crippen LogP contribution in [0.4, 0.5) is 0 Å². The lowest BCUT2D eigenvalue weighted by Gasteiger charge is -2.41. The number of rotatable bonds is 3. The number of carboxylic acid groups (broad SMARTS) is 1. The zero-order valence-corrected chi connectivity index (χ0v) is 9.95. The highest BCUT2D eigenvalue weighted by atomic mass is 16.5. The largest absolute Gasteiger partial charge is 0.480 e. The predicted octanol–water partition coefficient (Wildman–Crippen LogP) is 1.49. The molecule has 1 heterocycles. The minimum Gasteiger partial charge on any atom is -0.480 e. The Hall–Kier alpha value is -0.610. The Morgan fingerprint density at radius 1 is 1.31 bits per heavy atom. The molecule has 2 rings (SSSR count). The molecule has 0 unspecified atom stereocenters. The first kappa shape index (κ1) is 11.9. The van der Waals surface area contributed by atoms with E-state index in [0.717, 1.165) is 51.6 Å². The lowest BCUT2D eigenvalue weighted by Crippen LogP contribution is -2.56. The van der Waals surface area contributed by atoms with Crippen molar-refractivity contribution in [2.45, 2.75) is 50.2 Å². The van der Waals surface area contributed by atoms with E-state index in [0.29, 0.717) is 6.10 Å². The fourth-order valence-electron chi connectivity index (χ4n) is 3.14. The number of likely N-dealkylation sites (tertiary alicyclic amines) is 1. The van der Waals surface area contributed by atoms with E-state index >= 15 is 0 Å². The van der Waals surface area contributed by atoms with Crippen molar-refractivity contribution in [3.05, 3.63) is 0 Å². The number of nitrogens with zero attached hydrogens (tertiary/aromatic N) is 1. The lowest BCUT2D eigenvalue weighted by atomic mass is 9.92. The Labute approximate surface area is 96.6 Å². The molecular weight excluding hydrogens is 206 g/mol. The summed E-state index contributed by atoms with van der Waals surface area (Å²) in [5.41, 5.74) is -0.557. The molecule has 16 heavy (non-hydrogen) atoms. The topological polar surface area (TPSA) is 49.8 Å².